The number of hydrogen-bond acceptors (Lipinski definition) is 1. The molecule has 108 valence electrons. The van der Waals surface area contributed by atoms with E-state index in [-0.39, 0.29) is 11.5 Å². The third kappa shape index (κ3) is 3.78. The van der Waals surface area contributed by atoms with Crippen molar-refractivity contribution in [2.24, 2.45) is 0 Å². The maximum absolute atomic E-state index is 13.1. The van der Waals surface area contributed by atoms with Gasteiger partial charge in [-0.15, -0.1) is 0 Å². The lowest BCUT2D eigenvalue weighted by molar-refractivity contribution is -0.305. The molecule has 0 amide bonds. The quantitative estimate of drug-likeness (QED) is 0.730. The second-order valence-electron chi connectivity index (χ2n) is 4.26. The highest BCUT2D eigenvalue weighted by atomic mass is 19.4. The van der Waals surface area contributed by atoms with E-state index in [0.29, 0.717) is 0 Å². The van der Waals surface area contributed by atoms with Gasteiger partial charge in [0.1, 0.15) is 5.75 Å². The summed E-state index contributed by atoms with van der Waals surface area (Å²) in [5.74, 6) is -0.717. The van der Waals surface area contributed by atoms with Crippen LogP contribution in [0.25, 0.3) is 0 Å². The summed E-state index contributed by atoms with van der Waals surface area (Å²) in [5, 5.41) is 0. The summed E-state index contributed by atoms with van der Waals surface area (Å²) in [5.41, 5.74) is 0.275. The zero-order valence-corrected chi connectivity index (χ0v) is 10.1. The van der Waals surface area contributed by atoms with E-state index in [1.54, 1.807) is 13.8 Å². The Morgan fingerprint density at radius 1 is 1.00 bits per heavy atom. The number of hydrogen-bond donors (Lipinski definition) is 0. The molecule has 0 aliphatic carbocycles. The average Bonchev–Trinajstić information content (AvgIpc) is 2.26. The molecule has 0 aromatic heterocycles. The molecule has 0 saturated heterocycles. The molecule has 0 saturated carbocycles. The second-order valence-corrected chi connectivity index (χ2v) is 4.26. The third-order valence-corrected chi connectivity index (χ3v) is 2.37. The number of halogens is 6. The third-order valence-electron chi connectivity index (χ3n) is 2.37. The first kappa shape index (κ1) is 15.7. The summed E-state index contributed by atoms with van der Waals surface area (Å²) in [4.78, 5) is 0. The van der Waals surface area contributed by atoms with Crippen LogP contribution in [0, 0.1) is 0 Å². The van der Waals surface area contributed by atoms with Crippen molar-refractivity contribution in [3.63, 3.8) is 0 Å². The molecule has 1 nitrogen and oxygen atoms in total. The van der Waals surface area contributed by atoms with Crippen molar-refractivity contribution in [1.82, 2.24) is 0 Å². The Morgan fingerprint density at radius 3 is 2.00 bits per heavy atom. The molecule has 0 aliphatic heterocycles. The molecule has 7 heteroatoms. The van der Waals surface area contributed by atoms with Crippen molar-refractivity contribution in [3.8, 4) is 5.75 Å². The molecule has 0 N–H and O–H groups in total. The van der Waals surface area contributed by atoms with E-state index < -0.39 is 24.2 Å². The van der Waals surface area contributed by atoms with Crippen molar-refractivity contribution < 1.29 is 31.1 Å². The zero-order chi connectivity index (χ0) is 14.8. The molecule has 0 radical (unpaired) electrons. The highest BCUT2D eigenvalue weighted by Crippen LogP contribution is 2.38. The van der Waals surface area contributed by atoms with E-state index >= 15 is 0 Å². The van der Waals surface area contributed by atoms with Crippen LogP contribution in [0.3, 0.4) is 0 Å². The van der Waals surface area contributed by atoms with Gasteiger partial charge in [-0.3, -0.25) is 0 Å². The van der Waals surface area contributed by atoms with E-state index in [1.165, 1.54) is 18.2 Å². The molecule has 1 atom stereocenters. The molecule has 0 unspecified atom stereocenters. The normalized spacial score (nSPS) is 14.6. The average molecular weight is 286 g/mol. The molecule has 1 aromatic rings. The van der Waals surface area contributed by atoms with Crippen molar-refractivity contribution in [1.29, 1.82) is 0 Å². The molecule has 0 bridgehead atoms. The van der Waals surface area contributed by atoms with Gasteiger partial charge in [-0.1, -0.05) is 32.0 Å². The monoisotopic (exact) mass is 286 g/mol. The van der Waals surface area contributed by atoms with Crippen LogP contribution in [0.15, 0.2) is 24.3 Å². The molecule has 0 fully saturated rings. The Bertz CT molecular complexity index is 426. The fraction of sp³-hybridized carbons (Fsp3) is 0.500. The first-order valence-corrected chi connectivity index (χ1v) is 5.42. The lowest BCUT2D eigenvalue weighted by Crippen LogP contribution is -2.45. The highest BCUT2D eigenvalue weighted by Gasteiger charge is 2.59. The van der Waals surface area contributed by atoms with Gasteiger partial charge < -0.3 is 4.74 Å². The smallest absolute Gasteiger partial charge is 0.430 e. The van der Waals surface area contributed by atoms with Crippen LogP contribution in [0.1, 0.15) is 25.3 Å². The van der Waals surface area contributed by atoms with Crippen molar-refractivity contribution in [2.75, 3.05) is 0 Å². The molecular weight excluding hydrogens is 274 g/mol. The van der Waals surface area contributed by atoms with Gasteiger partial charge in [-0.05, 0) is 17.5 Å². The summed E-state index contributed by atoms with van der Waals surface area (Å²) in [6.45, 7) is 3.30. The SMILES string of the molecule is CC(C)c1ccccc1OC(F)(F)[C@H](F)C(F)(F)F. The van der Waals surface area contributed by atoms with Crippen LogP contribution in [0.5, 0.6) is 5.75 Å². The summed E-state index contributed by atoms with van der Waals surface area (Å²) in [6.07, 6.45) is -15.0. The minimum absolute atomic E-state index is 0.254. The number of para-hydroxylation sites is 1. The van der Waals surface area contributed by atoms with Crippen LogP contribution < -0.4 is 4.74 Å². The minimum Gasteiger partial charge on any atom is -0.430 e. The first-order chi connectivity index (χ1) is 8.55. The predicted molar refractivity (Wildman–Crippen MR) is 57.1 cm³/mol. The van der Waals surface area contributed by atoms with Crippen LogP contribution in [0.4, 0.5) is 26.3 Å². The molecule has 0 spiro atoms. The molecule has 1 aromatic carbocycles. The van der Waals surface area contributed by atoms with Gasteiger partial charge in [0.15, 0.2) is 0 Å². The van der Waals surface area contributed by atoms with Crippen molar-refractivity contribution >= 4 is 0 Å². The van der Waals surface area contributed by atoms with Gasteiger partial charge >= 0.3 is 12.3 Å². The zero-order valence-electron chi connectivity index (χ0n) is 10.1. The number of benzene rings is 1. The van der Waals surface area contributed by atoms with Gasteiger partial charge in [-0.25, -0.2) is 4.39 Å². The summed E-state index contributed by atoms with van der Waals surface area (Å²) >= 11 is 0. The van der Waals surface area contributed by atoms with E-state index in [2.05, 4.69) is 4.74 Å². The molecular formula is C12H12F6O. The maximum Gasteiger partial charge on any atom is 0.439 e. The first-order valence-electron chi connectivity index (χ1n) is 5.42. The van der Waals surface area contributed by atoms with E-state index in [4.69, 9.17) is 0 Å². The molecule has 1 rings (SSSR count). The largest absolute Gasteiger partial charge is 0.439 e. The Hall–Kier alpha value is -1.40. The van der Waals surface area contributed by atoms with Crippen molar-refractivity contribution in [2.45, 2.75) is 38.2 Å². The summed E-state index contributed by atoms with van der Waals surface area (Å²) < 4.78 is 78.8. The topological polar surface area (TPSA) is 9.23 Å². The standard InChI is InChI=1S/C12H12F6O/c1-7(2)8-5-3-4-6-9(8)19-12(17,18)10(13)11(14,15)16/h3-7,10H,1-2H3/t10-/m1/s1. The van der Waals surface area contributed by atoms with Gasteiger partial charge in [0.2, 0.25) is 0 Å². The van der Waals surface area contributed by atoms with Crippen molar-refractivity contribution in [3.05, 3.63) is 29.8 Å². The lowest BCUT2D eigenvalue weighted by atomic mass is 10.0. The van der Waals surface area contributed by atoms with Crippen LogP contribution in [-0.2, 0) is 0 Å². The number of alkyl halides is 6. The Labute approximate surface area is 106 Å². The van der Waals surface area contributed by atoms with E-state index in [1.807, 2.05) is 0 Å². The predicted octanol–water partition coefficient (Wildman–Crippen LogP) is 4.68. The fourth-order valence-corrected chi connectivity index (χ4v) is 1.44. The van der Waals surface area contributed by atoms with E-state index in [9.17, 15) is 26.3 Å². The maximum atomic E-state index is 13.1. The Balaban J connectivity index is 3.02. The molecule has 0 heterocycles. The highest BCUT2D eigenvalue weighted by molar-refractivity contribution is 5.35. The second kappa shape index (κ2) is 5.30. The fourth-order valence-electron chi connectivity index (χ4n) is 1.44. The molecule has 19 heavy (non-hydrogen) atoms. The summed E-state index contributed by atoms with van der Waals surface area (Å²) in [7, 11) is 0. The number of ether oxygens (including phenoxy) is 1. The van der Waals surface area contributed by atoms with E-state index in [0.717, 1.165) is 6.07 Å². The van der Waals surface area contributed by atoms with Crippen LogP contribution in [-0.4, -0.2) is 18.5 Å². The molecule has 0 aliphatic rings. The van der Waals surface area contributed by atoms with Gasteiger partial charge in [0, 0.05) is 0 Å². The van der Waals surface area contributed by atoms with Gasteiger partial charge in [0.05, 0.1) is 0 Å². The van der Waals surface area contributed by atoms with Gasteiger partial charge in [0.25, 0.3) is 6.17 Å². The van der Waals surface area contributed by atoms with Gasteiger partial charge in [-0.2, -0.15) is 22.0 Å². The minimum atomic E-state index is -5.68. The number of rotatable bonds is 4. The van der Waals surface area contributed by atoms with Crippen LogP contribution in [0.2, 0.25) is 0 Å². The van der Waals surface area contributed by atoms with Crippen LogP contribution >= 0.6 is 0 Å². The lowest BCUT2D eigenvalue weighted by Gasteiger charge is -2.24. The Morgan fingerprint density at radius 2 is 1.53 bits per heavy atom. The summed E-state index contributed by atoms with van der Waals surface area (Å²) in [6, 6.07) is 5.35. The Kier molecular flexibility index (Phi) is 4.37.